The molecular formula is C33H30BrN9O4. The van der Waals surface area contributed by atoms with E-state index in [1.54, 1.807) is 26.7 Å². The first-order valence-corrected chi connectivity index (χ1v) is 16.1. The predicted molar refractivity (Wildman–Crippen MR) is 173 cm³/mol. The van der Waals surface area contributed by atoms with Crippen LogP contribution in [0.4, 0.5) is 5.69 Å². The normalized spacial score (nSPS) is 21.9. The standard InChI is InChI=1S/C33H30BrN9O4/c1-18(44)31-25-7-20(22-11-35-19(2)36-12-22)4-6-27(25)42(39-31)14-30(45)43-28-9-33(10-29(33)43)17-41-13-24(38-40-41)16-47-15-21-3-5-23(34)8-26(21)37-32(28)46/h3-8,11-13,28-29H,9-10,14-17H2,1-2H3,(H,37,46)/t28-,29+,33-/m0/s1. The molecule has 14 heteroatoms. The SMILES string of the molecule is CC(=O)c1nn(CC(=O)N2[C@H]3C[C@]4(C[C@@H]24)Cn2cc(nn2)COCc2ccc(Br)cc2NC3=O)c2ccc(-c3cnc(C)nc3)cc12. The van der Waals surface area contributed by atoms with E-state index < -0.39 is 6.04 Å². The van der Waals surface area contributed by atoms with E-state index >= 15 is 0 Å². The molecule has 47 heavy (non-hydrogen) atoms. The number of Topliss-reactive ketones (excluding diaryl/α,β-unsaturated/α-hetero) is 1. The maximum absolute atomic E-state index is 14.3. The number of anilines is 1. The highest BCUT2D eigenvalue weighted by Crippen LogP contribution is 2.60. The number of hydrogen-bond donors (Lipinski definition) is 1. The van der Waals surface area contributed by atoms with Crippen LogP contribution in [0.15, 0.2) is 59.5 Å². The van der Waals surface area contributed by atoms with Crippen LogP contribution in [0.5, 0.6) is 0 Å². The van der Waals surface area contributed by atoms with Crippen LogP contribution in [0.3, 0.4) is 0 Å². The number of carbonyl (C=O) groups excluding carboxylic acids is 3. The maximum atomic E-state index is 14.3. The molecule has 2 aromatic carbocycles. The Balaban J connectivity index is 1.13. The number of rotatable bonds is 4. The Labute approximate surface area is 277 Å². The Hall–Kier alpha value is -4.82. The molecule has 1 spiro atoms. The minimum absolute atomic E-state index is 0.128. The van der Waals surface area contributed by atoms with Gasteiger partial charge in [0.15, 0.2) is 5.78 Å². The third-order valence-electron chi connectivity index (χ3n) is 9.39. The summed E-state index contributed by atoms with van der Waals surface area (Å²) >= 11 is 3.51. The molecule has 3 aromatic heterocycles. The highest BCUT2D eigenvalue weighted by atomic mass is 79.9. The van der Waals surface area contributed by atoms with E-state index in [9.17, 15) is 14.4 Å². The molecule has 5 heterocycles. The Morgan fingerprint density at radius 3 is 2.72 bits per heavy atom. The zero-order chi connectivity index (χ0) is 32.4. The number of aryl methyl sites for hydroxylation is 1. The second-order valence-electron chi connectivity index (χ2n) is 12.6. The molecule has 0 radical (unpaired) electrons. The summed E-state index contributed by atoms with van der Waals surface area (Å²) in [5.74, 6) is -0.0571. The second-order valence-corrected chi connectivity index (χ2v) is 13.5. The number of ketones is 1. The highest BCUT2D eigenvalue weighted by Gasteiger charge is 2.67. The lowest BCUT2D eigenvalue weighted by atomic mass is 9.99. The van der Waals surface area contributed by atoms with Crippen LogP contribution in [0.2, 0.25) is 0 Å². The summed E-state index contributed by atoms with van der Waals surface area (Å²) in [5, 5.41) is 16.9. The molecule has 13 nitrogen and oxygen atoms in total. The molecule has 2 fully saturated rings. The van der Waals surface area contributed by atoms with Crippen molar-refractivity contribution in [2.45, 2.75) is 65.1 Å². The lowest BCUT2D eigenvalue weighted by Gasteiger charge is -2.27. The van der Waals surface area contributed by atoms with Crippen molar-refractivity contribution in [3.63, 3.8) is 0 Å². The molecule has 238 valence electrons. The summed E-state index contributed by atoms with van der Waals surface area (Å²) in [6, 6.07) is 10.4. The van der Waals surface area contributed by atoms with Gasteiger partial charge in [-0.05, 0) is 49.6 Å². The number of likely N-dealkylation sites (tertiary alicyclic amines) is 1. The number of aromatic nitrogens is 7. The van der Waals surface area contributed by atoms with Gasteiger partial charge in [0, 0.05) is 57.4 Å². The third-order valence-corrected chi connectivity index (χ3v) is 9.89. The zero-order valence-electron chi connectivity index (χ0n) is 25.7. The van der Waals surface area contributed by atoms with E-state index in [0.717, 1.165) is 27.6 Å². The summed E-state index contributed by atoms with van der Waals surface area (Å²) in [6.45, 7) is 4.23. The molecule has 4 bridgehead atoms. The van der Waals surface area contributed by atoms with Crippen LogP contribution in [0, 0.1) is 12.3 Å². The quantitative estimate of drug-likeness (QED) is 0.274. The zero-order valence-corrected chi connectivity index (χ0v) is 27.3. The lowest BCUT2D eigenvalue weighted by Crippen LogP contribution is -2.46. The molecule has 2 aliphatic heterocycles. The number of piperidine rings is 1. The summed E-state index contributed by atoms with van der Waals surface area (Å²) in [7, 11) is 0. The molecule has 1 saturated carbocycles. The fourth-order valence-corrected chi connectivity index (χ4v) is 7.37. The Bertz CT molecular complexity index is 2090. The Morgan fingerprint density at radius 1 is 1.09 bits per heavy atom. The van der Waals surface area contributed by atoms with Crippen molar-refractivity contribution in [1.29, 1.82) is 0 Å². The Morgan fingerprint density at radius 2 is 1.91 bits per heavy atom. The average Bonchev–Trinajstić information content (AvgIpc) is 3.32. The topological polar surface area (TPSA) is 150 Å². The molecule has 0 unspecified atom stereocenters. The van der Waals surface area contributed by atoms with Gasteiger partial charge in [0.1, 0.15) is 29.8 Å². The molecule has 1 saturated heterocycles. The number of hydrogen-bond acceptors (Lipinski definition) is 9. The van der Waals surface area contributed by atoms with Gasteiger partial charge >= 0.3 is 0 Å². The van der Waals surface area contributed by atoms with Gasteiger partial charge in [-0.15, -0.1) is 5.10 Å². The molecule has 1 aliphatic carbocycles. The fourth-order valence-electron chi connectivity index (χ4n) is 7.01. The van der Waals surface area contributed by atoms with Crippen molar-refractivity contribution in [2.75, 3.05) is 5.32 Å². The first-order chi connectivity index (χ1) is 22.7. The van der Waals surface area contributed by atoms with Crippen LogP contribution in [0.1, 0.15) is 47.3 Å². The van der Waals surface area contributed by atoms with E-state index in [-0.39, 0.29) is 54.5 Å². The van der Waals surface area contributed by atoms with Crippen molar-refractivity contribution >= 4 is 50.1 Å². The van der Waals surface area contributed by atoms with E-state index in [0.29, 0.717) is 41.1 Å². The number of halogens is 1. The van der Waals surface area contributed by atoms with E-state index in [2.05, 4.69) is 46.6 Å². The van der Waals surface area contributed by atoms with E-state index in [4.69, 9.17) is 4.74 Å². The summed E-state index contributed by atoms with van der Waals surface area (Å²) in [6.07, 6.45) is 6.58. The summed E-state index contributed by atoms with van der Waals surface area (Å²) in [4.78, 5) is 51.3. The molecule has 1 N–H and O–H groups in total. The molecule has 3 atom stereocenters. The van der Waals surface area contributed by atoms with Crippen LogP contribution in [-0.4, -0.2) is 69.3 Å². The van der Waals surface area contributed by atoms with Crippen molar-refractivity contribution in [3.8, 4) is 11.1 Å². The predicted octanol–water partition coefficient (Wildman–Crippen LogP) is 4.09. The minimum Gasteiger partial charge on any atom is -0.370 e. The van der Waals surface area contributed by atoms with Gasteiger partial charge in [-0.1, -0.05) is 33.3 Å². The minimum atomic E-state index is -0.706. The summed E-state index contributed by atoms with van der Waals surface area (Å²) < 4.78 is 10.1. The van der Waals surface area contributed by atoms with Gasteiger partial charge in [-0.25, -0.2) is 9.97 Å². The van der Waals surface area contributed by atoms with E-state index in [1.165, 1.54) is 6.92 Å². The van der Waals surface area contributed by atoms with Crippen molar-refractivity contribution in [2.24, 2.45) is 5.41 Å². The van der Waals surface area contributed by atoms with E-state index in [1.807, 2.05) is 49.5 Å². The molecule has 3 aliphatic rings. The monoisotopic (exact) mass is 695 g/mol. The molecule has 2 amide bonds. The second kappa shape index (κ2) is 11.2. The third kappa shape index (κ3) is 5.30. The smallest absolute Gasteiger partial charge is 0.247 e. The van der Waals surface area contributed by atoms with Crippen molar-refractivity contribution in [3.05, 3.63) is 82.2 Å². The Kier molecular flexibility index (Phi) is 7.02. The van der Waals surface area contributed by atoms with Crippen LogP contribution in [0.25, 0.3) is 22.0 Å². The fraction of sp³-hybridized carbons (Fsp3) is 0.333. The van der Waals surface area contributed by atoms with Gasteiger partial charge in [0.25, 0.3) is 0 Å². The number of nitrogens with one attached hydrogen (secondary N) is 1. The molecule has 5 aromatic rings. The maximum Gasteiger partial charge on any atom is 0.247 e. The number of ether oxygens (including phenoxy) is 1. The lowest BCUT2D eigenvalue weighted by molar-refractivity contribution is -0.138. The van der Waals surface area contributed by atoms with Gasteiger partial charge in [-0.2, -0.15) is 5.10 Å². The molecule has 8 rings (SSSR count). The van der Waals surface area contributed by atoms with Crippen LogP contribution in [-0.2, 0) is 40.6 Å². The highest BCUT2D eigenvalue weighted by molar-refractivity contribution is 9.10. The molecular weight excluding hydrogens is 666 g/mol. The number of nitrogens with zero attached hydrogens (tertiary/aromatic N) is 8. The largest absolute Gasteiger partial charge is 0.370 e. The van der Waals surface area contributed by atoms with Crippen LogP contribution < -0.4 is 5.32 Å². The van der Waals surface area contributed by atoms with Gasteiger partial charge in [-0.3, -0.25) is 23.7 Å². The van der Waals surface area contributed by atoms with Crippen molar-refractivity contribution < 1.29 is 19.1 Å². The van der Waals surface area contributed by atoms with Crippen molar-refractivity contribution in [1.82, 2.24) is 39.6 Å². The number of benzene rings is 2. The number of carbonyl (C=O) groups is 3. The van der Waals surface area contributed by atoms with Gasteiger partial charge < -0.3 is 15.0 Å². The summed E-state index contributed by atoms with van der Waals surface area (Å²) in [5.41, 5.74) is 4.39. The van der Waals surface area contributed by atoms with Crippen LogP contribution >= 0.6 is 15.9 Å². The number of fused-ring (bicyclic) bond motifs is 5. The first kappa shape index (κ1) is 29.6. The average molecular weight is 697 g/mol. The first-order valence-electron chi connectivity index (χ1n) is 15.4. The van der Waals surface area contributed by atoms with Gasteiger partial charge in [0.2, 0.25) is 11.8 Å². The van der Waals surface area contributed by atoms with Gasteiger partial charge in [0.05, 0.1) is 31.5 Å². The number of amides is 2.